The molecule has 0 unspecified atom stereocenters. The molecule has 0 saturated heterocycles. The van der Waals surface area contributed by atoms with E-state index in [2.05, 4.69) is 4.98 Å². The van der Waals surface area contributed by atoms with Gasteiger partial charge in [0.15, 0.2) is 0 Å². The predicted molar refractivity (Wildman–Crippen MR) is 89.4 cm³/mol. The van der Waals surface area contributed by atoms with Gasteiger partial charge in [0.1, 0.15) is 5.76 Å². The van der Waals surface area contributed by atoms with Gasteiger partial charge in [-0.15, -0.1) is 0 Å². The van der Waals surface area contributed by atoms with Gasteiger partial charge >= 0.3 is 0 Å². The van der Waals surface area contributed by atoms with Crippen LogP contribution in [0.2, 0.25) is 0 Å². The quantitative estimate of drug-likeness (QED) is 0.810. The van der Waals surface area contributed by atoms with Crippen molar-refractivity contribution in [3.8, 4) is 11.5 Å². The van der Waals surface area contributed by atoms with Gasteiger partial charge < -0.3 is 9.32 Å². The monoisotopic (exact) mass is 340 g/mol. The maximum absolute atomic E-state index is 12.3. The van der Waals surface area contributed by atoms with Gasteiger partial charge in [-0.05, 0) is 25.3 Å². The molecular weight excluding hydrogens is 320 g/mol. The van der Waals surface area contributed by atoms with Gasteiger partial charge in [-0.3, -0.25) is 9.00 Å². The molecule has 1 amide bonds. The number of aryl methyl sites for hydroxylation is 1. The van der Waals surface area contributed by atoms with Crippen molar-refractivity contribution in [3.63, 3.8) is 0 Å². The van der Waals surface area contributed by atoms with E-state index >= 15 is 0 Å². The number of thiophene rings is 1. The number of amides is 1. The second-order valence-corrected chi connectivity index (χ2v) is 7.56. The van der Waals surface area contributed by atoms with Crippen LogP contribution in [-0.4, -0.2) is 45.1 Å². The minimum absolute atomic E-state index is 0.0498. The van der Waals surface area contributed by atoms with E-state index in [4.69, 9.17) is 4.42 Å². The van der Waals surface area contributed by atoms with Gasteiger partial charge in [0.25, 0.3) is 0 Å². The Labute approximate surface area is 136 Å². The Hall–Kier alpha value is -1.47. The van der Waals surface area contributed by atoms with Crippen molar-refractivity contribution in [1.29, 1.82) is 0 Å². The Morgan fingerprint density at radius 1 is 1.55 bits per heavy atom. The van der Waals surface area contributed by atoms with Gasteiger partial charge in [-0.1, -0.05) is 0 Å². The van der Waals surface area contributed by atoms with E-state index < -0.39 is 10.8 Å². The maximum atomic E-state index is 12.3. The smallest absolute Gasteiger partial charge is 0.228 e. The summed E-state index contributed by atoms with van der Waals surface area (Å²) in [5.41, 5.74) is 1.58. The van der Waals surface area contributed by atoms with Crippen LogP contribution >= 0.6 is 11.3 Å². The molecule has 0 bridgehead atoms. The largest absolute Gasteiger partial charge is 0.441 e. The standard InChI is InChI=1S/C15H20N2O3S2/c1-10(9-22(4)19)17(3)14(18)7-13-11(2)20-15(16-13)12-5-6-21-8-12/h5-6,8,10H,7,9H2,1-4H3/t10-,22-/m0/s1. The van der Waals surface area contributed by atoms with Crippen LogP contribution in [0.25, 0.3) is 11.5 Å². The van der Waals surface area contributed by atoms with Crippen LogP contribution in [0, 0.1) is 6.92 Å². The Morgan fingerprint density at radius 3 is 2.86 bits per heavy atom. The molecule has 2 atom stereocenters. The first-order valence-corrected chi connectivity index (χ1v) is 9.60. The molecule has 2 heterocycles. The summed E-state index contributed by atoms with van der Waals surface area (Å²) in [6.07, 6.45) is 1.83. The van der Waals surface area contributed by atoms with E-state index in [1.807, 2.05) is 30.7 Å². The highest BCUT2D eigenvalue weighted by Gasteiger charge is 2.20. The summed E-state index contributed by atoms with van der Waals surface area (Å²) in [5, 5.41) is 3.92. The van der Waals surface area contributed by atoms with E-state index in [0.717, 1.165) is 5.56 Å². The molecule has 0 aliphatic rings. The number of aromatic nitrogens is 1. The maximum Gasteiger partial charge on any atom is 0.228 e. The molecule has 22 heavy (non-hydrogen) atoms. The van der Waals surface area contributed by atoms with Gasteiger partial charge in [-0.2, -0.15) is 11.3 Å². The van der Waals surface area contributed by atoms with Gasteiger partial charge in [0.05, 0.1) is 12.1 Å². The average molecular weight is 340 g/mol. The van der Waals surface area contributed by atoms with Gasteiger partial charge in [0, 0.05) is 46.8 Å². The van der Waals surface area contributed by atoms with Crippen LogP contribution in [0.5, 0.6) is 0 Å². The zero-order chi connectivity index (χ0) is 16.3. The van der Waals surface area contributed by atoms with Crippen LogP contribution in [0.1, 0.15) is 18.4 Å². The zero-order valence-electron chi connectivity index (χ0n) is 13.2. The third-order valence-corrected chi connectivity index (χ3v) is 5.14. The average Bonchev–Trinajstić information content (AvgIpc) is 3.07. The van der Waals surface area contributed by atoms with E-state index in [1.165, 1.54) is 0 Å². The Kier molecular flexibility index (Phi) is 5.52. The first kappa shape index (κ1) is 16.9. The summed E-state index contributed by atoms with van der Waals surface area (Å²) >= 11 is 1.57. The van der Waals surface area contributed by atoms with Crippen LogP contribution in [0.3, 0.4) is 0 Å². The molecule has 120 valence electrons. The van der Waals surface area contributed by atoms with Crippen LogP contribution in [0.15, 0.2) is 21.2 Å². The van der Waals surface area contributed by atoms with Crippen LogP contribution in [0.4, 0.5) is 0 Å². The number of hydrogen-bond acceptors (Lipinski definition) is 5. The molecule has 2 aromatic rings. The summed E-state index contributed by atoms with van der Waals surface area (Å²) in [5.74, 6) is 1.63. The Bertz CT molecular complexity index is 664. The number of carbonyl (C=O) groups excluding carboxylic acids is 1. The Morgan fingerprint density at radius 2 is 2.27 bits per heavy atom. The van der Waals surface area contributed by atoms with Crippen molar-refractivity contribution in [2.24, 2.45) is 0 Å². The summed E-state index contributed by atoms with van der Waals surface area (Å²) in [6.45, 7) is 3.71. The van der Waals surface area contributed by atoms with Gasteiger partial charge in [0.2, 0.25) is 11.8 Å². The molecule has 0 aromatic carbocycles. The highest BCUT2D eigenvalue weighted by Crippen LogP contribution is 2.24. The lowest BCUT2D eigenvalue weighted by molar-refractivity contribution is -0.130. The highest BCUT2D eigenvalue weighted by molar-refractivity contribution is 7.84. The van der Waals surface area contributed by atoms with E-state index in [9.17, 15) is 9.00 Å². The van der Waals surface area contributed by atoms with E-state index in [0.29, 0.717) is 23.1 Å². The molecule has 0 fully saturated rings. The first-order chi connectivity index (χ1) is 10.4. The minimum Gasteiger partial charge on any atom is -0.441 e. The molecule has 2 aromatic heterocycles. The molecule has 0 N–H and O–H groups in total. The van der Waals surface area contributed by atoms with Crippen molar-refractivity contribution in [2.75, 3.05) is 19.1 Å². The molecule has 0 aliphatic carbocycles. The first-order valence-electron chi connectivity index (χ1n) is 6.93. The molecule has 0 spiro atoms. The fourth-order valence-electron chi connectivity index (χ4n) is 2.07. The Balaban J connectivity index is 2.07. The number of likely N-dealkylation sites (N-methyl/N-ethyl adjacent to an activating group) is 1. The fourth-order valence-corrected chi connectivity index (χ4v) is 3.60. The predicted octanol–water partition coefficient (Wildman–Crippen LogP) is 2.48. The summed E-state index contributed by atoms with van der Waals surface area (Å²) in [4.78, 5) is 18.4. The van der Waals surface area contributed by atoms with Crippen molar-refractivity contribution in [1.82, 2.24) is 9.88 Å². The number of nitrogens with zero attached hydrogens (tertiary/aromatic N) is 2. The van der Waals surface area contributed by atoms with Crippen molar-refractivity contribution in [3.05, 3.63) is 28.3 Å². The van der Waals surface area contributed by atoms with Gasteiger partial charge in [-0.25, -0.2) is 4.98 Å². The second-order valence-electron chi connectivity index (χ2n) is 5.30. The SMILES string of the molecule is Cc1oc(-c2ccsc2)nc1CC(=O)N(C)[C@@H](C)C[S@](C)=O. The van der Waals surface area contributed by atoms with E-state index in [-0.39, 0.29) is 18.4 Å². The molecule has 0 aliphatic heterocycles. The van der Waals surface area contributed by atoms with Crippen molar-refractivity contribution >= 4 is 28.0 Å². The topological polar surface area (TPSA) is 63.4 Å². The van der Waals surface area contributed by atoms with Crippen molar-refractivity contribution in [2.45, 2.75) is 26.3 Å². The normalized spacial score (nSPS) is 13.8. The summed E-state index contributed by atoms with van der Waals surface area (Å²) < 4.78 is 16.9. The number of carbonyl (C=O) groups is 1. The summed E-state index contributed by atoms with van der Waals surface area (Å²) in [7, 11) is 0.804. The third kappa shape index (κ3) is 4.04. The summed E-state index contributed by atoms with van der Waals surface area (Å²) in [6, 6.07) is 1.87. The minimum atomic E-state index is -0.927. The van der Waals surface area contributed by atoms with Crippen molar-refractivity contribution < 1.29 is 13.4 Å². The third-order valence-electron chi connectivity index (χ3n) is 3.51. The molecule has 2 rings (SSSR count). The highest BCUT2D eigenvalue weighted by atomic mass is 32.2. The molecule has 0 saturated carbocycles. The van der Waals surface area contributed by atoms with Crippen LogP contribution < -0.4 is 0 Å². The van der Waals surface area contributed by atoms with E-state index in [1.54, 1.807) is 29.5 Å². The number of oxazole rings is 1. The zero-order valence-corrected chi connectivity index (χ0v) is 14.8. The molecule has 7 heteroatoms. The lowest BCUT2D eigenvalue weighted by Crippen LogP contribution is -2.39. The number of rotatable bonds is 6. The molecule has 0 radical (unpaired) electrons. The molecule has 5 nitrogen and oxygen atoms in total. The lowest BCUT2D eigenvalue weighted by atomic mass is 10.2. The molecular formula is C15H20N2O3S2. The van der Waals surface area contributed by atoms with Crippen LogP contribution in [-0.2, 0) is 22.0 Å². The fraction of sp³-hybridized carbons (Fsp3) is 0.467. The lowest BCUT2D eigenvalue weighted by Gasteiger charge is -2.23. The second kappa shape index (κ2) is 7.19. The number of hydrogen-bond donors (Lipinski definition) is 0.